The lowest BCUT2D eigenvalue weighted by Gasteiger charge is -2.23. The molecule has 7 heteroatoms. The van der Waals surface area contributed by atoms with E-state index in [1.54, 1.807) is 4.90 Å². The van der Waals surface area contributed by atoms with Crippen molar-refractivity contribution in [2.45, 2.75) is 32.6 Å². The predicted octanol–water partition coefficient (Wildman–Crippen LogP) is 1.77. The molecule has 0 bridgehead atoms. The molecule has 7 nitrogen and oxygen atoms in total. The SMILES string of the molecule is CCC(C)c1ccccc1N1CC(C(=O)NCCOCC(=O)O)CC1=O. The summed E-state index contributed by atoms with van der Waals surface area (Å²) < 4.78 is 4.88. The highest BCUT2D eigenvalue weighted by molar-refractivity contribution is 6.00. The van der Waals surface area contributed by atoms with E-state index in [0.717, 1.165) is 17.7 Å². The van der Waals surface area contributed by atoms with Gasteiger partial charge in [0, 0.05) is 25.2 Å². The quantitative estimate of drug-likeness (QED) is 0.653. The Morgan fingerprint density at radius 3 is 2.81 bits per heavy atom. The van der Waals surface area contributed by atoms with Crippen molar-refractivity contribution in [2.75, 3.05) is 31.2 Å². The van der Waals surface area contributed by atoms with Gasteiger partial charge in [-0.2, -0.15) is 0 Å². The van der Waals surface area contributed by atoms with Crippen LogP contribution in [0.4, 0.5) is 5.69 Å². The summed E-state index contributed by atoms with van der Waals surface area (Å²) in [5.74, 6) is -1.39. The van der Waals surface area contributed by atoms with Crippen LogP contribution in [0.3, 0.4) is 0 Å². The van der Waals surface area contributed by atoms with Crippen LogP contribution in [0.25, 0.3) is 0 Å². The zero-order valence-electron chi connectivity index (χ0n) is 15.2. The lowest BCUT2D eigenvalue weighted by Crippen LogP contribution is -2.35. The first-order valence-corrected chi connectivity index (χ1v) is 8.90. The molecule has 2 atom stereocenters. The third kappa shape index (κ3) is 5.05. The second kappa shape index (κ2) is 9.33. The molecule has 142 valence electrons. The molecule has 26 heavy (non-hydrogen) atoms. The Hall–Kier alpha value is -2.41. The van der Waals surface area contributed by atoms with Gasteiger partial charge in [-0.1, -0.05) is 32.0 Å². The van der Waals surface area contributed by atoms with Crippen molar-refractivity contribution >= 4 is 23.5 Å². The highest BCUT2D eigenvalue weighted by Gasteiger charge is 2.36. The number of rotatable bonds is 9. The number of carboxylic acid groups (broad SMARTS) is 1. The summed E-state index contributed by atoms with van der Waals surface area (Å²) in [6.45, 7) is 4.54. The monoisotopic (exact) mass is 362 g/mol. The molecular weight excluding hydrogens is 336 g/mol. The van der Waals surface area contributed by atoms with E-state index in [-0.39, 0.29) is 31.4 Å². The molecule has 0 spiro atoms. The van der Waals surface area contributed by atoms with Gasteiger partial charge in [-0.25, -0.2) is 4.79 Å². The summed E-state index contributed by atoms with van der Waals surface area (Å²) in [6.07, 6.45) is 1.15. The average Bonchev–Trinajstić information content (AvgIpc) is 3.02. The van der Waals surface area contributed by atoms with Gasteiger partial charge in [0.05, 0.1) is 12.5 Å². The summed E-state index contributed by atoms with van der Waals surface area (Å²) in [7, 11) is 0. The molecule has 1 aliphatic rings. The fourth-order valence-corrected chi connectivity index (χ4v) is 3.04. The van der Waals surface area contributed by atoms with Gasteiger partial charge in [-0.05, 0) is 24.0 Å². The standard InChI is InChI=1S/C19H26N2O5/c1-3-13(2)15-6-4-5-7-16(15)21-11-14(10-17(21)22)19(25)20-8-9-26-12-18(23)24/h4-7,13-14H,3,8-12H2,1-2H3,(H,20,25)(H,23,24). The minimum Gasteiger partial charge on any atom is -0.480 e. The number of carbonyl (C=O) groups excluding carboxylic acids is 2. The van der Waals surface area contributed by atoms with Gasteiger partial charge in [0.15, 0.2) is 0 Å². The topological polar surface area (TPSA) is 95.9 Å². The van der Waals surface area contributed by atoms with E-state index >= 15 is 0 Å². The van der Waals surface area contributed by atoms with Crippen LogP contribution in [0.1, 0.15) is 38.2 Å². The summed E-state index contributed by atoms with van der Waals surface area (Å²) in [5, 5.41) is 11.2. The number of benzene rings is 1. The van der Waals surface area contributed by atoms with Crippen molar-refractivity contribution in [1.82, 2.24) is 5.32 Å². The summed E-state index contributed by atoms with van der Waals surface area (Å²) in [6, 6.07) is 7.83. The molecule has 1 aromatic rings. The molecule has 2 N–H and O–H groups in total. The second-order valence-corrected chi connectivity index (χ2v) is 6.51. The maximum atomic E-state index is 12.5. The number of hydrogen-bond donors (Lipinski definition) is 2. The van der Waals surface area contributed by atoms with E-state index in [0.29, 0.717) is 12.5 Å². The number of ether oxygens (including phenoxy) is 1. The first kappa shape index (κ1) is 19.9. The molecule has 0 saturated carbocycles. The number of carboxylic acids is 1. The minimum atomic E-state index is -1.05. The number of para-hydroxylation sites is 1. The molecule has 2 unspecified atom stereocenters. The molecule has 1 aliphatic heterocycles. The zero-order chi connectivity index (χ0) is 19.1. The van der Waals surface area contributed by atoms with Crippen LogP contribution >= 0.6 is 0 Å². The molecule has 1 heterocycles. The minimum absolute atomic E-state index is 0.0527. The average molecular weight is 362 g/mol. The van der Waals surface area contributed by atoms with Crippen molar-refractivity contribution in [2.24, 2.45) is 5.92 Å². The number of nitrogens with zero attached hydrogens (tertiary/aromatic N) is 1. The number of carbonyl (C=O) groups is 3. The summed E-state index contributed by atoms with van der Waals surface area (Å²) in [5.41, 5.74) is 2.00. The summed E-state index contributed by atoms with van der Waals surface area (Å²) >= 11 is 0. The Labute approximate surface area is 153 Å². The molecule has 0 radical (unpaired) electrons. The highest BCUT2D eigenvalue weighted by Crippen LogP contribution is 2.33. The largest absolute Gasteiger partial charge is 0.480 e. The van der Waals surface area contributed by atoms with Crippen molar-refractivity contribution in [3.63, 3.8) is 0 Å². The van der Waals surface area contributed by atoms with Crippen LogP contribution < -0.4 is 10.2 Å². The van der Waals surface area contributed by atoms with Gasteiger partial charge in [0.1, 0.15) is 6.61 Å². The Morgan fingerprint density at radius 2 is 2.12 bits per heavy atom. The molecule has 1 aromatic carbocycles. The first-order valence-electron chi connectivity index (χ1n) is 8.90. The third-order valence-electron chi connectivity index (χ3n) is 4.64. The van der Waals surface area contributed by atoms with E-state index in [1.807, 2.05) is 24.3 Å². The normalized spacial score (nSPS) is 18.0. The Bertz CT molecular complexity index is 661. The molecule has 2 amide bonds. The molecule has 2 rings (SSSR count). The number of anilines is 1. The fraction of sp³-hybridized carbons (Fsp3) is 0.526. The van der Waals surface area contributed by atoms with E-state index in [9.17, 15) is 14.4 Å². The number of aliphatic carboxylic acids is 1. The van der Waals surface area contributed by atoms with E-state index in [2.05, 4.69) is 19.2 Å². The van der Waals surface area contributed by atoms with Crippen molar-refractivity contribution in [3.8, 4) is 0 Å². The van der Waals surface area contributed by atoms with Crippen LogP contribution in [-0.2, 0) is 19.1 Å². The number of nitrogens with one attached hydrogen (secondary N) is 1. The van der Waals surface area contributed by atoms with Gasteiger partial charge in [-0.3, -0.25) is 9.59 Å². The van der Waals surface area contributed by atoms with Crippen LogP contribution in [0.2, 0.25) is 0 Å². The number of hydrogen-bond acceptors (Lipinski definition) is 4. The van der Waals surface area contributed by atoms with Gasteiger partial charge in [0.25, 0.3) is 0 Å². The zero-order valence-corrected chi connectivity index (χ0v) is 15.2. The summed E-state index contributed by atoms with van der Waals surface area (Å²) in [4.78, 5) is 36.8. The van der Waals surface area contributed by atoms with E-state index in [1.165, 1.54) is 0 Å². The van der Waals surface area contributed by atoms with Gasteiger partial charge >= 0.3 is 5.97 Å². The first-order chi connectivity index (χ1) is 12.4. The molecule has 1 saturated heterocycles. The fourth-order valence-electron chi connectivity index (χ4n) is 3.04. The maximum Gasteiger partial charge on any atom is 0.329 e. The molecule has 0 aromatic heterocycles. The van der Waals surface area contributed by atoms with Gasteiger partial charge < -0.3 is 20.1 Å². The Kier molecular flexibility index (Phi) is 7.15. The van der Waals surface area contributed by atoms with Gasteiger partial charge in [0.2, 0.25) is 11.8 Å². The van der Waals surface area contributed by atoms with Crippen molar-refractivity contribution < 1.29 is 24.2 Å². The lowest BCUT2D eigenvalue weighted by atomic mass is 9.96. The highest BCUT2D eigenvalue weighted by atomic mass is 16.5. The Morgan fingerprint density at radius 1 is 1.38 bits per heavy atom. The predicted molar refractivity (Wildman–Crippen MR) is 97.1 cm³/mol. The van der Waals surface area contributed by atoms with Crippen LogP contribution in [0.5, 0.6) is 0 Å². The maximum absolute atomic E-state index is 12.5. The van der Waals surface area contributed by atoms with Crippen LogP contribution in [0.15, 0.2) is 24.3 Å². The molecular formula is C19H26N2O5. The van der Waals surface area contributed by atoms with Crippen LogP contribution in [0, 0.1) is 5.92 Å². The Balaban J connectivity index is 1.94. The smallest absolute Gasteiger partial charge is 0.329 e. The van der Waals surface area contributed by atoms with E-state index in [4.69, 9.17) is 9.84 Å². The van der Waals surface area contributed by atoms with Crippen LogP contribution in [-0.4, -0.2) is 49.2 Å². The van der Waals surface area contributed by atoms with E-state index < -0.39 is 18.5 Å². The van der Waals surface area contributed by atoms with Gasteiger partial charge in [-0.15, -0.1) is 0 Å². The second-order valence-electron chi connectivity index (χ2n) is 6.51. The molecule has 1 fully saturated rings. The lowest BCUT2D eigenvalue weighted by molar-refractivity contribution is -0.142. The van der Waals surface area contributed by atoms with Crippen molar-refractivity contribution in [1.29, 1.82) is 0 Å². The number of amides is 2. The molecule has 0 aliphatic carbocycles. The third-order valence-corrected chi connectivity index (χ3v) is 4.64. The van der Waals surface area contributed by atoms with Crippen molar-refractivity contribution in [3.05, 3.63) is 29.8 Å².